The van der Waals surface area contributed by atoms with Gasteiger partial charge in [-0.2, -0.15) is 0 Å². The number of aromatic nitrogens is 1. The fourth-order valence-electron chi connectivity index (χ4n) is 6.23. The lowest BCUT2D eigenvalue weighted by atomic mass is 9.79. The van der Waals surface area contributed by atoms with E-state index in [-0.39, 0.29) is 11.6 Å². The molecule has 6 heteroatoms. The van der Waals surface area contributed by atoms with E-state index in [9.17, 15) is 9.90 Å². The summed E-state index contributed by atoms with van der Waals surface area (Å²) in [5, 5.41) is 10.6. The quantitative estimate of drug-likeness (QED) is 0.517. The van der Waals surface area contributed by atoms with Gasteiger partial charge in [0, 0.05) is 47.4 Å². The molecule has 3 atom stereocenters. The van der Waals surface area contributed by atoms with Gasteiger partial charge in [0.25, 0.3) is 0 Å². The zero-order valence-corrected chi connectivity index (χ0v) is 19.6. The Balaban J connectivity index is 1.59. The van der Waals surface area contributed by atoms with E-state index < -0.39 is 5.97 Å². The summed E-state index contributed by atoms with van der Waals surface area (Å²) in [6.07, 6.45) is 6.29. The maximum atomic E-state index is 11.4. The molecule has 0 unspecified atom stereocenters. The van der Waals surface area contributed by atoms with Crippen molar-refractivity contribution >= 4 is 16.9 Å². The second-order valence-corrected chi connectivity index (χ2v) is 9.39. The van der Waals surface area contributed by atoms with Crippen LogP contribution in [0.25, 0.3) is 10.9 Å². The zero-order valence-electron chi connectivity index (χ0n) is 19.6. The number of rotatable bonds is 7. The molecule has 0 amide bonds. The predicted molar refractivity (Wildman–Crippen MR) is 128 cm³/mol. The van der Waals surface area contributed by atoms with Gasteiger partial charge in [0.15, 0.2) is 0 Å². The Morgan fingerprint density at radius 3 is 2.76 bits per heavy atom. The standard InChI is InChI=1S/C27H32N2O4/c1-4-33-21-14-20-9-11-27(15-21,19-7-5-18(6-8-19)26(30)31)29(20)16-23-22-10-12-28-25(22)17(2)13-24(23)32-3/h5-8,10,12-13,20-21,28H,4,9,11,14-16H2,1-3H3,(H,30,31)/t20-,21-,27+/m0/s1. The van der Waals surface area contributed by atoms with Crippen molar-refractivity contribution in [2.24, 2.45) is 0 Å². The summed E-state index contributed by atoms with van der Waals surface area (Å²) in [5.74, 6) is 0.0255. The molecule has 0 saturated carbocycles. The van der Waals surface area contributed by atoms with E-state index in [4.69, 9.17) is 9.47 Å². The molecule has 33 heavy (non-hydrogen) atoms. The van der Waals surface area contributed by atoms with E-state index in [1.165, 1.54) is 22.1 Å². The molecule has 2 aromatic carbocycles. The molecule has 6 nitrogen and oxygen atoms in total. The number of hydrogen-bond acceptors (Lipinski definition) is 4. The monoisotopic (exact) mass is 448 g/mol. The summed E-state index contributed by atoms with van der Waals surface area (Å²) in [6.45, 7) is 5.65. The number of piperidine rings is 1. The van der Waals surface area contributed by atoms with Crippen LogP contribution in [-0.4, -0.2) is 46.8 Å². The van der Waals surface area contributed by atoms with Gasteiger partial charge in [0.1, 0.15) is 5.75 Å². The topological polar surface area (TPSA) is 74.8 Å². The van der Waals surface area contributed by atoms with Crippen LogP contribution in [0.2, 0.25) is 0 Å². The Bertz CT molecular complexity index is 1170. The summed E-state index contributed by atoms with van der Waals surface area (Å²) < 4.78 is 12.0. The van der Waals surface area contributed by atoms with Gasteiger partial charge >= 0.3 is 5.97 Å². The highest BCUT2D eigenvalue weighted by molar-refractivity contribution is 5.88. The number of nitrogens with zero attached hydrogens (tertiary/aromatic N) is 1. The van der Waals surface area contributed by atoms with Crippen LogP contribution in [0.1, 0.15) is 59.7 Å². The lowest BCUT2D eigenvalue weighted by Gasteiger charge is -2.48. The number of aromatic carboxylic acids is 1. The van der Waals surface area contributed by atoms with Crippen LogP contribution in [0, 0.1) is 6.92 Å². The minimum absolute atomic E-state index is 0.182. The number of fused-ring (bicyclic) bond motifs is 3. The Kier molecular flexibility index (Phi) is 5.67. The molecular weight excluding hydrogens is 416 g/mol. The third kappa shape index (κ3) is 3.62. The van der Waals surface area contributed by atoms with Gasteiger partial charge in [-0.05, 0) is 74.9 Å². The Labute approximate surface area is 194 Å². The Hall–Kier alpha value is -2.83. The first-order chi connectivity index (χ1) is 16.0. The van der Waals surface area contributed by atoms with Crippen LogP contribution in [0.3, 0.4) is 0 Å². The molecule has 0 aliphatic carbocycles. The number of H-pyrrole nitrogens is 1. The summed E-state index contributed by atoms with van der Waals surface area (Å²) >= 11 is 0. The van der Waals surface area contributed by atoms with E-state index in [1.807, 2.05) is 18.3 Å². The van der Waals surface area contributed by atoms with Gasteiger partial charge in [-0.3, -0.25) is 4.90 Å². The molecule has 174 valence electrons. The second kappa shape index (κ2) is 8.50. The highest BCUT2D eigenvalue weighted by Crippen LogP contribution is 2.52. The summed E-state index contributed by atoms with van der Waals surface area (Å²) in [5.41, 5.74) is 4.85. The molecule has 1 aromatic heterocycles. The molecule has 2 aliphatic rings. The normalized spacial score (nSPS) is 24.9. The molecule has 2 fully saturated rings. The van der Waals surface area contributed by atoms with Crippen molar-refractivity contribution in [2.75, 3.05) is 13.7 Å². The van der Waals surface area contributed by atoms with Gasteiger partial charge in [-0.1, -0.05) is 12.1 Å². The first kappa shape index (κ1) is 22.0. The molecule has 3 aromatic rings. The van der Waals surface area contributed by atoms with Crippen molar-refractivity contribution in [1.29, 1.82) is 0 Å². The van der Waals surface area contributed by atoms with Gasteiger partial charge in [-0.25, -0.2) is 4.79 Å². The summed E-state index contributed by atoms with van der Waals surface area (Å²) in [4.78, 5) is 17.5. The minimum Gasteiger partial charge on any atom is -0.496 e. The van der Waals surface area contributed by atoms with E-state index in [0.29, 0.717) is 18.2 Å². The summed E-state index contributed by atoms with van der Waals surface area (Å²) in [7, 11) is 1.74. The van der Waals surface area contributed by atoms with E-state index in [1.54, 1.807) is 19.2 Å². The van der Waals surface area contributed by atoms with Gasteiger partial charge in [-0.15, -0.1) is 0 Å². The lowest BCUT2D eigenvalue weighted by Crippen LogP contribution is -2.52. The van der Waals surface area contributed by atoms with Crippen LogP contribution in [-0.2, 0) is 16.8 Å². The van der Waals surface area contributed by atoms with Crippen LogP contribution in [0.15, 0.2) is 42.6 Å². The van der Waals surface area contributed by atoms with Gasteiger partial charge < -0.3 is 19.6 Å². The fraction of sp³-hybridized carbons (Fsp3) is 0.444. The van der Waals surface area contributed by atoms with Gasteiger partial charge in [0.2, 0.25) is 0 Å². The number of methoxy groups -OCH3 is 1. The van der Waals surface area contributed by atoms with Crippen molar-refractivity contribution in [2.45, 2.75) is 63.8 Å². The van der Waals surface area contributed by atoms with Crippen molar-refractivity contribution < 1.29 is 19.4 Å². The van der Waals surface area contributed by atoms with Crippen LogP contribution >= 0.6 is 0 Å². The average molecular weight is 449 g/mol. The highest BCUT2D eigenvalue weighted by Gasteiger charge is 2.53. The third-order valence-corrected chi connectivity index (χ3v) is 7.71. The van der Waals surface area contributed by atoms with Crippen molar-refractivity contribution in [3.63, 3.8) is 0 Å². The first-order valence-electron chi connectivity index (χ1n) is 11.8. The maximum absolute atomic E-state index is 11.4. The first-order valence-corrected chi connectivity index (χ1v) is 11.8. The molecule has 0 radical (unpaired) electrons. The zero-order chi connectivity index (χ0) is 23.2. The summed E-state index contributed by atoms with van der Waals surface area (Å²) in [6, 6.07) is 12.2. The highest BCUT2D eigenvalue weighted by atomic mass is 16.5. The minimum atomic E-state index is -0.893. The van der Waals surface area contributed by atoms with E-state index in [2.05, 4.69) is 35.9 Å². The number of aryl methyl sites for hydroxylation is 1. The molecule has 5 rings (SSSR count). The molecule has 3 heterocycles. The van der Waals surface area contributed by atoms with Crippen LogP contribution in [0.4, 0.5) is 0 Å². The van der Waals surface area contributed by atoms with Crippen LogP contribution in [0.5, 0.6) is 5.75 Å². The molecule has 0 spiro atoms. The van der Waals surface area contributed by atoms with Crippen molar-refractivity contribution in [3.8, 4) is 5.75 Å². The molecule has 2 saturated heterocycles. The molecule has 2 bridgehead atoms. The molecule has 2 aliphatic heterocycles. The Morgan fingerprint density at radius 1 is 1.27 bits per heavy atom. The number of ether oxygens (including phenoxy) is 2. The van der Waals surface area contributed by atoms with E-state index >= 15 is 0 Å². The van der Waals surface area contributed by atoms with E-state index in [0.717, 1.165) is 43.5 Å². The predicted octanol–water partition coefficient (Wildman–Crippen LogP) is 5.24. The SMILES string of the molecule is CCO[C@H]1C[C@@H]2CC[C@](c3ccc(C(=O)O)cc3)(C1)N2Cc1c(OC)cc(C)c2[nH]ccc12. The third-order valence-electron chi connectivity index (χ3n) is 7.71. The van der Waals surface area contributed by atoms with Crippen LogP contribution < -0.4 is 4.74 Å². The molecular formula is C27H32N2O4. The number of aromatic amines is 1. The Morgan fingerprint density at radius 2 is 2.06 bits per heavy atom. The number of benzene rings is 2. The number of nitrogens with one attached hydrogen (secondary N) is 1. The average Bonchev–Trinajstić information content (AvgIpc) is 3.38. The molecule has 2 N–H and O–H groups in total. The number of carboxylic acid groups (broad SMARTS) is 1. The van der Waals surface area contributed by atoms with Gasteiger partial charge in [0.05, 0.1) is 18.8 Å². The van der Waals surface area contributed by atoms with Crippen molar-refractivity contribution in [3.05, 3.63) is 64.8 Å². The maximum Gasteiger partial charge on any atom is 0.335 e. The van der Waals surface area contributed by atoms with Crippen molar-refractivity contribution in [1.82, 2.24) is 9.88 Å². The second-order valence-electron chi connectivity index (χ2n) is 9.39. The smallest absolute Gasteiger partial charge is 0.335 e. The number of hydrogen-bond donors (Lipinski definition) is 2. The number of carboxylic acids is 1. The largest absolute Gasteiger partial charge is 0.496 e. The number of carbonyl (C=O) groups is 1. The lowest BCUT2D eigenvalue weighted by molar-refractivity contribution is -0.0593. The fourth-order valence-corrected chi connectivity index (χ4v) is 6.23.